The number of hydrogen-bond donors (Lipinski definition) is 0. The molecule has 0 bridgehead atoms. The zero-order valence-corrected chi connectivity index (χ0v) is 73.5. The van der Waals surface area contributed by atoms with Gasteiger partial charge >= 0.3 is 17.1 Å². The molecule has 20 rings (SSSR count). The Hall–Kier alpha value is -16.3. The van der Waals surface area contributed by atoms with Crippen molar-refractivity contribution >= 4 is 45.2 Å². The van der Waals surface area contributed by atoms with Crippen molar-refractivity contribution in [2.75, 3.05) is 11.5 Å². The van der Waals surface area contributed by atoms with Gasteiger partial charge in [0.05, 0.1) is 104 Å². The molecule has 0 radical (unpaired) electrons. The third-order valence-electron chi connectivity index (χ3n) is 22.3. The Morgan fingerprint density at radius 3 is 1.26 bits per heavy atom. The van der Waals surface area contributed by atoms with Crippen molar-refractivity contribution in [3.63, 3.8) is 0 Å². The average Bonchev–Trinajstić information content (AvgIpc) is 1.61. The van der Waals surface area contributed by atoms with E-state index in [0.29, 0.717) is 130 Å². The van der Waals surface area contributed by atoms with Crippen LogP contribution in [0.4, 0.5) is 10.2 Å². The van der Waals surface area contributed by atoms with Crippen LogP contribution in [0.25, 0.3) is 102 Å². The van der Waals surface area contributed by atoms with Crippen molar-refractivity contribution in [3.8, 4) is 74.2 Å². The maximum atomic E-state index is 14.5. The van der Waals surface area contributed by atoms with Crippen LogP contribution in [0, 0.1) is 11.7 Å². The maximum Gasteiger partial charge on any atom is 0.330 e. The Bertz CT molecular complexity index is 7200. The van der Waals surface area contributed by atoms with Crippen molar-refractivity contribution in [2.24, 2.45) is 27.1 Å². The first-order valence-electron chi connectivity index (χ1n) is 42.6. The summed E-state index contributed by atoms with van der Waals surface area (Å²) in [6.45, 7) is 18.7. The summed E-state index contributed by atoms with van der Waals surface area (Å²) < 4.78 is 35.5. The molecule has 14 heterocycles. The van der Waals surface area contributed by atoms with Crippen LogP contribution in [-0.2, 0) is 58.5 Å². The molecule has 19 aromatic rings. The lowest BCUT2D eigenvalue weighted by molar-refractivity contribution is -0.117. The Kier molecular flexibility index (Phi) is 24.8. The third kappa shape index (κ3) is 18.0. The van der Waals surface area contributed by atoms with Gasteiger partial charge in [0.15, 0.2) is 40.2 Å². The number of fused-ring (bicyclic) bond motifs is 4. The van der Waals surface area contributed by atoms with Crippen LogP contribution in [0.5, 0.6) is 5.88 Å². The smallest absolute Gasteiger partial charge is 0.330 e. The number of aromatic nitrogens is 25. The number of aryl methyl sites for hydroxylation is 3. The SMILES string of the molecule is CC(C)COc1ncccc1-c1ncc2c(n1)N(Cc1ccc(-n3nccn3)cc1)C(=O)C2.CC(C)c1c(F)cccc1-c1ncc2c(n1)n(Cc1ccc(-n3cccn3)cc1)c(=O)n2C.CC(C)c1ccccc1-c1ncc2c(n1)n(Cc1ccc(-n3cccn3)cc1)c(=O)n2C.CC(C)c1ncccc1-c1ncc2c(n1)n(Cc1ccc(-n3cccn3)cc1)c(=O)n2C. The van der Waals surface area contributed by atoms with Crippen LogP contribution in [0.3, 0.4) is 0 Å². The Morgan fingerprint density at radius 2 is 0.800 bits per heavy atom. The first-order valence-corrected chi connectivity index (χ1v) is 42.6. The highest BCUT2D eigenvalue weighted by molar-refractivity contribution is 6.00. The fourth-order valence-corrected chi connectivity index (χ4v) is 15.6. The second-order valence-corrected chi connectivity index (χ2v) is 32.8. The van der Waals surface area contributed by atoms with Crippen LogP contribution in [-0.4, -0.2) is 134 Å². The molecular weight excluding hydrogens is 1640 g/mol. The molecule has 0 unspecified atom stereocenters. The third-order valence-corrected chi connectivity index (χ3v) is 22.3. The van der Waals surface area contributed by atoms with Crippen molar-refractivity contribution in [2.45, 2.75) is 106 Å². The monoisotopic (exact) mass is 1730 g/mol. The summed E-state index contributed by atoms with van der Waals surface area (Å²) in [6, 6.07) is 57.9. The van der Waals surface area contributed by atoms with E-state index >= 15 is 0 Å². The van der Waals surface area contributed by atoms with Gasteiger partial charge in [-0.15, -0.1) is 0 Å². The zero-order valence-electron chi connectivity index (χ0n) is 73.5. The van der Waals surface area contributed by atoms with Crippen LogP contribution in [0.1, 0.15) is 118 Å². The first kappa shape index (κ1) is 85.9. The van der Waals surface area contributed by atoms with Gasteiger partial charge in [0.25, 0.3) is 0 Å². The number of imidazole rings is 3. The standard InChI is InChI=1S/C25H23FN6O.C25H24N6O.C24H23N7O2.C24H23N7O/c1-16(2)22-19(6-4-7-20(22)26)23-27-14-21-24(29-23)31(25(33)30(21)3)15-17-8-10-18(11-9-17)32-13-5-12-28-32;1-17(2)20-7-4-5-8-21(20)23-26-15-22-24(28-23)30(25(32)29(22)3)16-18-9-11-19(12-10-18)31-14-6-13-27-31;1-16(2)15-33-24-20(4-3-9-25-24)22-26-13-18-12-21(32)30(23(18)29-22)14-17-5-7-19(8-6-17)31-27-10-11-28-31;1-16(2)21-19(6-4-11-25-21)22-26-14-20-23(28-22)30(24(32)29(20)3)15-17-7-9-18(10-8-17)31-13-5-12-27-31/h4-14,16H,15H2,1-3H3;4-15,17H,16H2,1-3H3;3-11,13,16H,12,14-15H2,1-2H3;4-14,16H,15H2,1-3H3. The maximum absolute atomic E-state index is 14.5. The van der Waals surface area contributed by atoms with Gasteiger partial charge in [0.2, 0.25) is 11.8 Å². The zero-order chi connectivity index (χ0) is 90.4. The van der Waals surface area contributed by atoms with Crippen LogP contribution < -0.4 is 26.7 Å². The summed E-state index contributed by atoms with van der Waals surface area (Å²) in [5.41, 5.74) is 17.8. The fourth-order valence-electron chi connectivity index (χ4n) is 15.6. The molecule has 6 aromatic carbocycles. The molecule has 32 heteroatoms. The molecule has 13 aromatic heterocycles. The van der Waals surface area contributed by atoms with E-state index < -0.39 is 0 Å². The number of amides is 1. The van der Waals surface area contributed by atoms with E-state index in [-0.39, 0.29) is 47.1 Å². The van der Waals surface area contributed by atoms with Gasteiger partial charge in [-0.25, -0.2) is 77.7 Å². The normalized spacial score (nSPS) is 11.9. The molecule has 0 saturated heterocycles. The molecular formula is C98H93FN26O5. The quantitative estimate of drug-likeness (QED) is 0.0608. The summed E-state index contributed by atoms with van der Waals surface area (Å²) >= 11 is 0. The molecule has 31 nitrogen and oxygen atoms in total. The van der Waals surface area contributed by atoms with Crippen LogP contribution >= 0.6 is 0 Å². The van der Waals surface area contributed by atoms with E-state index in [1.165, 1.54) is 16.2 Å². The number of halogens is 1. The van der Waals surface area contributed by atoms with Gasteiger partial charge in [-0.1, -0.05) is 140 Å². The lowest BCUT2D eigenvalue weighted by atomic mass is 9.96. The molecule has 0 N–H and O–H groups in total. The molecule has 1 aliphatic rings. The van der Waals surface area contributed by atoms with Crippen LogP contribution in [0.2, 0.25) is 0 Å². The van der Waals surface area contributed by atoms with Gasteiger partial charge in [-0.2, -0.15) is 30.3 Å². The number of carbonyl (C=O) groups is 1. The van der Waals surface area contributed by atoms with Gasteiger partial charge in [0, 0.05) is 105 Å². The Labute approximate surface area is 745 Å². The van der Waals surface area contributed by atoms with Crippen molar-refractivity contribution in [1.29, 1.82) is 0 Å². The number of nitrogens with zero attached hydrogens (tertiary/aromatic N) is 26. The van der Waals surface area contributed by atoms with Crippen molar-refractivity contribution in [1.82, 2.24) is 122 Å². The molecule has 1 amide bonds. The van der Waals surface area contributed by atoms with Gasteiger partial charge in [0.1, 0.15) is 28.2 Å². The van der Waals surface area contributed by atoms with E-state index in [1.54, 1.807) is 142 Å². The average molecular weight is 1730 g/mol. The highest BCUT2D eigenvalue weighted by atomic mass is 19.1. The molecule has 1 aliphatic heterocycles. The summed E-state index contributed by atoms with van der Waals surface area (Å²) in [5.74, 6) is 3.83. The van der Waals surface area contributed by atoms with Crippen molar-refractivity contribution < 1.29 is 13.9 Å². The molecule has 652 valence electrons. The summed E-state index contributed by atoms with van der Waals surface area (Å²) in [7, 11) is 5.20. The molecule has 0 fully saturated rings. The number of carbonyl (C=O) groups excluding carboxylic acids is 1. The van der Waals surface area contributed by atoms with Crippen LogP contribution in [0.15, 0.2) is 283 Å². The fraction of sp³-hybridized carbons (Fsp3) is 0.214. The second kappa shape index (κ2) is 37.5. The van der Waals surface area contributed by atoms with E-state index in [2.05, 4.69) is 103 Å². The molecule has 130 heavy (non-hydrogen) atoms. The topological polar surface area (TPSA) is 323 Å². The van der Waals surface area contributed by atoms with Gasteiger partial charge < -0.3 is 4.74 Å². The lowest BCUT2D eigenvalue weighted by Gasteiger charge is -2.17. The van der Waals surface area contributed by atoms with Gasteiger partial charge in [-0.05, 0) is 149 Å². The second-order valence-electron chi connectivity index (χ2n) is 32.8. The Morgan fingerprint density at radius 1 is 0.377 bits per heavy atom. The predicted octanol–water partition coefficient (Wildman–Crippen LogP) is 15.2. The predicted molar refractivity (Wildman–Crippen MR) is 494 cm³/mol. The number of ether oxygens (including phenoxy) is 1. The highest BCUT2D eigenvalue weighted by Crippen LogP contribution is 2.36. The number of rotatable bonds is 22. The van der Waals surface area contributed by atoms with E-state index in [0.717, 1.165) is 67.4 Å². The van der Waals surface area contributed by atoms with Crippen molar-refractivity contribution in [3.05, 3.63) is 351 Å². The number of anilines is 1. The highest BCUT2D eigenvalue weighted by Gasteiger charge is 2.31. The minimum absolute atomic E-state index is 0.00302. The number of benzene rings is 6. The minimum atomic E-state index is -0.283. The lowest BCUT2D eigenvalue weighted by Crippen LogP contribution is -2.26. The number of pyridine rings is 2. The number of hydrogen-bond acceptors (Lipinski definition) is 20. The molecule has 0 aliphatic carbocycles. The van der Waals surface area contributed by atoms with Gasteiger partial charge in [-0.3, -0.25) is 42.1 Å². The first-order chi connectivity index (χ1) is 63.1. The molecule has 0 saturated carbocycles. The Balaban J connectivity index is 0.000000121. The van der Waals surface area contributed by atoms with E-state index in [9.17, 15) is 23.6 Å². The minimum Gasteiger partial charge on any atom is -0.477 e. The summed E-state index contributed by atoms with van der Waals surface area (Å²) in [4.78, 5) is 101. The van der Waals surface area contributed by atoms with E-state index in [4.69, 9.17) is 24.7 Å². The molecule has 0 atom stereocenters. The molecule has 0 spiro atoms. The summed E-state index contributed by atoms with van der Waals surface area (Å²) in [6.07, 6.45) is 24.7. The summed E-state index contributed by atoms with van der Waals surface area (Å²) in [5, 5.41) is 21.0. The largest absolute Gasteiger partial charge is 0.477 e. The van der Waals surface area contributed by atoms with E-state index in [1.807, 2.05) is 196 Å².